The summed E-state index contributed by atoms with van der Waals surface area (Å²) in [7, 11) is 1.76. The van der Waals surface area contributed by atoms with Gasteiger partial charge in [-0.3, -0.25) is 14.6 Å². The molecule has 8 heteroatoms. The second kappa shape index (κ2) is 11.9. The van der Waals surface area contributed by atoms with E-state index >= 15 is 0 Å². The number of rotatable bonds is 9. The molecule has 0 atom stereocenters. The van der Waals surface area contributed by atoms with E-state index in [0.717, 1.165) is 33.7 Å². The zero-order valence-electron chi connectivity index (χ0n) is 21.4. The fourth-order valence-electron chi connectivity index (χ4n) is 3.79. The number of anilines is 1. The number of benzene rings is 2. The molecule has 3 rings (SSSR count). The summed E-state index contributed by atoms with van der Waals surface area (Å²) in [5.41, 5.74) is 11.8. The van der Waals surface area contributed by atoms with Crippen LogP contribution in [-0.4, -0.2) is 42.6 Å². The average Bonchev–Trinajstić information content (AvgIpc) is 3.34. The Morgan fingerprint density at radius 2 is 1.94 bits per heavy atom. The minimum absolute atomic E-state index is 0.160. The average molecular weight is 504 g/mol. The smallest absolute Gasteiger partial charge is 0.251 e. The third kappa shape index (κ3) is 6.53. The maximum absolute atomic E-state index is 12.7. The highest BCUT2D eigenvalue weighted by Gasteiger charge is 2.22. The molecule has 2 amide bonds. The lowest BCUT2D eigenvalue weighted by Crippen LogP contribution is -2.33. The van der Waals surface area contributed by atoms with E-state index in [9.17, 15) is 9.59 Å². The van der Waals surface area contributed by atoms with Crippen molar-refractivity contribution in [2.45, 2.75) is 33.1 Å². The zero-order valence-corrected chi connectivity index (χ0v) is 22.2. The Balaban J connectivity index is 1.63. The molecule has 2 aromatic carbocycles. The van der Waals surface area contributed by atoms with Crippen molar-refractivity contribution < 1.29 is 9.59 Å². The number of allylic oxidation sites excluding steroid dienone is 2. The van der Waals surface area contributed by atoms with Gasteiger partial charge in [0.15, 0.2) is 5.13 Å². The van der Waals surface area contributed by atoms with Crippen molar-refractivity contribution in [3.05, 3.63) is 82.3 Å². The molecule has 0 spiro atoms. The molecule has 0 saturated heterocycles. The van der Waals surface area contributed by atoms with Gasteiger partial charge >= 0.3 is 0 Å². The molecule has 188 valence electrons. The molecule has 0 saturated carbocycles. The molecule has 0 aliphatic carbocycles. The van der Waals surface area contributed by atoms with Gasteiger partial charge in [-0.25, -0.2) is 4.98 Å². The van der Waals surface area contributed by atoms with E-state index < -0.39 is 0 Å². The van der Waals surface area contributed by atoms with Crippen molar-refractivity contribution in [2.75, 3.05) is 25.5 Å². The molecule has 0 fully saturated rings. The third-order valence-electron chi connectivity index (χ3n) is 5.92. The van der Waals surface area contributed by atoms with E-state index in [-0.39, 0.29) is 23.8 Å². The molecule has 7 nitrogen and oxygen atoms in total. The number of hydrogen-bond donors (Lipinski definition) is 3. The summed E-state index contributed by atoms with van der Waals surface area (Å²) in [6, 6.07) is 13.4. The topological polar surface area (TPSA) is 109 Å². The van der Waals surface area contributed by atoms with Gasteiger partial charge in [0.2, 0.25) is 5.91 Å². The van der Waals surface area contributed by atoms with E-state index in [4.69, 9.17) is 5.73 Å². The first-order valence-corrected chi connectivity index (χ1v) is 12.6. The van der Waals surface area contributed by atoms with Crippen LogP contribution in [0.5, 0.6) is 0 Å². The second-order valence-corrected chi connectivity index (χ2v) is 9.93. The molecule has 0 aliphatic heterocycles. The molecular weight excluding hydrogens is 470 g/mol. The molecular formula is C28H33N5O2S. The molecule has 4 N–H and O–H groups in total. The summed E-state index contributed by atoms with van der Waals surface area (Å²) in [6.45, 7) is 8.34. The molecule has 0 bridgehead atoms. The van der Waals surface area contributed by atoms with Crippen molar-refractivity contribution >= 4 is 34.0 Å². The summed E-state index contributed by atoms with van der Waals surface area (Å²) in [4.78, 5) is 34.0. The number of aromatic nitrogens is 1. The van der Waals surface area contributed by atoms with Gasteiger partial charge in [0.25, 0.3) is 5.91 Å². The maximum Gasteiger partial charge on any atom is 0.251 e. The lowest BCUT2D eigenvalue weighted by molar-refractivity contribution is -0.115. The Bertz CT molecular complexity index is 1310. The first-order valence-electron chi connectivity index (χ1n) is 11.7. The van der Waals surface area contributed by atoms with Gasteiger partial charge in [0.1, 0.15) is 0 Å². The van der Waals surface area contributed by atoms with Crippen LogP contribution in [-0.2, 0) is 10.2 Å². The lowest BCUT2D eigenvalue weighted by Gasteiger charge is -2.25. The highest BCUT2D eigenvalue weighted by atomic mass is 32.1. The van der Waals surface area contributed by atoms with Crippen molar-refractivity contribution in [3.8, 4) is 11.3 Å². The Morgan fingerprint density at radius 1 is 1.17 bits per heavy atom. The summed E-state index contributed by atoms with van der Waals surface area (Å²) in [5, 5.41) is 7.81. The third-order valence-corrected chi connectivity index (χ3v) is 6.68. The number of carbonyl (C=O) groups excluding carboxylic acids is 2. The first kappa shape index (κ1) is 27.0. The van der Waals surface area contributed by atoms with E-state index in [2.05, 4.69) is 20.6 Å². The molecule has 1 heterocycles. The van der Waals surface area contributed by atoms with Crippen LogP contribution in [0.25, 0.3) is 11.3 Å². The van der Waals surface area contributed by atoms with Crippen molar-refractivity contribution in [3.63, 3.8) is 0 Å². The van der Waals surface area contributed by atoms with Gasteiger partial charge in [-0.1, -0.05) is 44.2 Å². The number of nitrogens with two attached hydrogens (primary N) is 1. The summed E-state index contributed by atoms with van der Waals surface area (Å²) >= 11 is 1.33. The largest absolute Gasteiger partial charge is 0.343 e. The van der Waals surface area contributed by atoms with Crippen LogP contribution in [0.15, 0.2) is 65.0 Å². The zero-order chi connectivity index (χ0) is 26.3. The monoisotopic (exact) mass is 503 g/mol. The van der Waals surface area contributed by atoms with Gasteiger partial charge in [-0.05, 0) is 49.2 Å². The SMILES string of the molecule is C/C=C\C(=NC)c1cccc(-c2csc(NC(=O)CNC(=O)c3ccc(C)c(C(C)(C)CN)c3)n2)c1. The first-order chi connectivity index (χ1) is 17.2. The summed E-state index contributed by atoms with van der Waals surface area (Å²) < 4.78 is 0. The molecule has 1 aromatic heterocycles. The number of carbonyl (C=O) groups is 2. The molecule has 0 unspecified atom stereocenters. The van der Waals surface area contributed by atoms with Crippen molar-refractivity contribution in [1.82, 2.24) is 10.3 Å². The van der Waals surface area contributed by atoms with Crippen molar-refractivity contribution in [2.24, 2.45) is 10.7 Å². The molecule has 0 aliphatic rings. The summed E-state index contributed by atoms with van der Waals surface area (Å²) in [5.74, 6) is -0.661. The molecule has 36 heavy (non-hydrogen) atoms. The van der Waals surface area contributed by atoms with E-state index in [1.165, 1.54) is 11.3 Å². The van der Waals surface area contributed by atoms with Crippen LogP contribution in [0.1, 0.15) is 47.8 Å². The lowest BCUT2D eigenvalue weighted by atomic mass is 9.81. The number of nitrogens with one attached hydrogen (secondary N) is 2. The van der Waals surface area contributed by atoms with E-state index in [0.29, 0.717) is 17.2 Å². The fourth-order valence-corrected chi connectivity index (χ4v) is 4.52. The number of amides is 2. The Hall–Kier alpha value is -3.62. The van der Waals surface area contributed by atoms with Crippen LogP contribution in [0, 0.1) is 6.92 Å². The predicted molar refractivity (Wildman–Crippen MR) is 149 cm³/mol. The van der Waals surface area contributed by atoms with Gasteiger partial charge in [0.05, 0.1) is 18.0 Å². The second-order valence-electron chi connectivity index (χ2n) is 9.08. The maximum atomic E-state index is 12.7. The Labute approximate surface area is 216 Å². The van der Waals surface area contributed by atoms with Crippen LogP contribution < -0.4 is 16.4 Å². The number of thiazole rings is 1. The van der Waals surface area contributed by atoms with Crippen molar-refractivity contribution in [1.29, 1.82) is 0 Å². The van der Waals surface area contributed by atoms with Crippen LogP contribution in [0.3, 0.4) is 0 Å². The summed E-state index contributed by atoms with van der Waals surface area (Å²) in [6.07, 6.45) is 3.90. The van der Waals surface area contributed by atoms with Crippen LogP contribution >= 0.6 is 11.3 Å². The highest BCUT2D eigenvalue weighted by Crippen LogP contribution is 2.27. The minimum atomic E-state index is -0.346. The number of hydrogen-bond acceptors (Lipinski definition) is 6. The Kier molecular flexibility index (Phi) is 8.90. The van der Waals surface area contributed by atoms with Gasteiger partial charge in [-0.15, -0.1) is 11.3 Å². The fraction of sp³-hybridized carbons (Fsp3) is 0.286. The quantitative estimate of drug-likeness (QED) is 0.367. The number of nitrogens with zero attached hydrogens (tertiary/aromatic N) is 2. The van der Waals surface area contributed by atoms with Crippen LogP contribution in [0.2, 0.25) is 0 Å². The minimum Gasteiger partial charge on any atom is -0.343 e. The van der Waals surface area contributed by atoms with Gasteiger partial charge in [0, 0.05) is 41.1 Å². The Morgan fingerprint density at radius 3 is 2.64 bits per heavy atom. The van der Waals surface area contributed by atoms with Crippen LogP contribution in [0.4, 0.5) is 5.13 Å². The standard InChI is InChI=1S/C28H33N5O2S/c1-6-8-23(30-5)19-9-7-10-20(13-19)24-16-36-27(32-24)33-25(34)15-31-26(35)21-12-11-18(2)22(14-21)28(3,4)17-29/h6-14,16H,15,17,29H2,1-5H3,(H,31,35)(H,32,33,34)/b8-6-,30-23?. The van der Waals surface area contributed by atoms with E-state index in [1.807, 2.05) is 81.6 Å². The number of aliphatic imine (C=N–C) groups is 1. The highest BCUT2D eigenvalue weighted by molar-refractivity contribution is 7.14. The normalized spacial score (nSPS) is 12.1. The molecule has 3 aromatic rings. The van der Waals surface area contributed by atoms with Gasteiger partial charge < -0.3 is 16.4 Å². The molecule has 0 radical (unpaired) electrons. The number of aryl methyl sites for hydroxylation is 1. The van der Waals surface area contributed by atoms with Gasteiger partial charge in [-0.2, -0.15) is 0 Å². The van der Waals surface area contributed by atoms with E-state index in [1.54, 1.807) is 13.1 Å². The predicted octanol–water partition coefficient (Wildman–Crippen LogP) is 4.72.